The zero-order chi connectivity index (χ0) is 50.3. The number of hydrogen-bond acceptors (Lipinski definition) is 4. The second kappa shape index (κ2) is 17.8. The molecule has 0 bridgehead atoms. The standard InChI is InChI=1S/C72H48N2S2/c1-47-29-32-53(33-30-47)72(52-19-5-2-6-20-52)66-43-50(31-36-60(66)64-41-48-17-11-12-18-49(48)42-67(64)72)51-39-58(73(54-21-7-3-8-22-54)55-23-9-4-10-24-55)44-59(40-51)74(56-35-38-70-65(45-56)62-26-14-16-28-69(62)75-70)57-34-37-63-61-25-13-15-27-68(61)76-71(63)46-57/h2-46H,1H3. The van der Waals surface area contributed by atoms with E-state index in [0.29, 0.717) is 0 Å². The van der Waals surface area contributed by atoms with Crippen molar-refractivity contribution in [3.05, 3.63) is 301 Å². The average molecular weight is 1010 g/mol. The topological polar surface area (TPSA) is 6.48 Å². The molecule has 0 aliphatic heterocycles. The summed E-state index contributed by atoms with van der Waals surface area (Å²) < 4.78 is 5.13. The van der Waals surface area contributed by atoms with Gasteiger partial charge in [-0.05, 0) is 165 Å². The van der Waals surface area contributed by atoms with Crippen LogP contribution in [0.4, 0.5) is 34.1 Å². The number of anilines is 6. The largest absolute Gasteiger partial charge is 0.310 e. The molecular weight excluding hydrogens is 957 g/mol. The lowest BCUT2D eigenvalue weighted by atomic mass is 9.67. The maximum Gasteiger partial charge on any atom is 0.0714 e. The summed E-state index contributed by atoms with van der Waals surface area (Å²) in [7, 11) is 0. The van der Waals surface area contributed by atoms with Gasteiger partial charge in [0, 0.05) is 74.5 Å². The fourth-order valence-corrected chi connectivity index (χ4v) is 14.5. The Morgan fingerprint density at radius 3 is 1.50 bits per heavy atom. The minimum atomic E-state index is -0.593. The van der Waals surface area contributed by atoms with Crippen LogP contribution in [-0.4, -0.2) is 0 Å². The van der Waals surface area contributed by atoms with Crippen LogP contribution < -0.4 is 9.80 Å². The quantitative estimate of drug-likeness (QED) is 0.142. The normalized spacial score (nSPS) is 13.9. The zero-order valence-electron chi connectivity index (χ0n) is 41.7. The number of para-hydroxylation sites is 2. The number of hydrogen-bond donors (Lipinski definition) is 0. The van der Waals surface area contributed by atoms with Gasteiger partial charge in [0.05, 0.1) is 5.41 Å². The molecule has 2 nitrogen and oxygen atoms in total. The Morgan fingerprint density at radius 1 is 0.289 bits per heavy atom. The summed E-state index contributed by atoms with van der Waals surface area (Å²) in [5, 5.41) is 7.59. The molecule has 1 atom stereocenters. The fourth-order valence-electron chi connectivity index (χ4n) is 12.2. The van der Waals surface area contributed by atoms with Crippen molar-refractivity contribution in [3.8, 4) is 22.3 Å². The summed E-state index contributed by atoms with van der Waals surface area (Å²) in [5.74, 6) is 0. The van der Waals surface area contributed by atoms with E-state index in [2.05, 4.69) is 290 Å². The van der Waals surface area contributed by atoms with Crippen LogP contribution in [0.3, 0.4) is 0 Å². The molecule has 15 rings (SSSR count). The number of benzene rings is 12. The molecule has 2 aromatic heterocycles. The van der Waals surface area contributed by atoms with E-state index >= 15 is 0 Å². The molecule has 12 aromatic carbocycles. The van der Waals surface area contributed by atoms with Crippen LogP contribution in [0.2, 0.25) is 0 Å². The minimum absolute atomic E-state index is 0.593. The highest BCUT2D eigenvalue weighted by Crippen LogP contribution is 2.58. The third-order valence-corrected chi connectivity index (χ3v) is 18.0. The number of aryl methyl sites for hydroxylation is 1. The lowest BCUT2D eigenvalue weighted by molar-refractivity contribution is 0.769. The van der Waals surface area contributed by atoms with Gasteiger partial charge in [0.2, 0.25) is 0 Å². The number of nitrogens with zero attached hydrogens (tertiary/aromatic N) is 2. The molecule has 0 N–H and O–H groups in total. The van der Waals surface area contributed by atoms with Gasteiger partial charge in [0.1, 0.15) is 0 Å². The molecule has 0 radical (unpaired) electrons. The first-order valence-corrected chi connectivity index (χ1v) is 27.7. The first-order valence-electron chi connectivity index (χ1n) is 26.0. The molecule has 2 heterocycles. The van der Waals surface area contributed by atoms with E-state index in [0.717, 1.165) is 45.3 Å². The van der Waals surface area contributed by atoms with E-state index < -0.39 is 5.41 Å². The van der Waals surface area contributed by atoms with Crippen molar-refractivity contribution in [1.29, 1.82) is 0 Å². The lowest BCUT2D eigenvalue weighted by Gasteiger charge is -2.34. The highest BCUT2D eigenvalue weighted by Gasteiger charge is 2.46. The van der Waals surface area contributed by atoms with Crippen LogP contribution in [0, 0.1) is 6.92 Å². The van der Waals surface area contributed by atoms with Crippen molar-refractivity contribution in [2.24, 2.45) is 0 Å². The first kappa shape index (κ1) is 44.4. The summed E-state index contributed by atoms with van der Waals surface area (Å²) in [5.41, 5.74) is 17.0. The van der Waals surface area contributed by atoms with Crippen molar-refractivity contribution in [3.63, 3.8) is 0 Å². The van der Waals surface area contributed by atoms with Crippen molar-refractivity contribution in [2.75, 3.05) is 9.80 Å². The van der Waals surface area contributed by atoms with E-state index in [9.17, 15) is 0 Å². The van der Waals surface area contributed by atoms with Crippen molar-refractivity contribution in [1.82, 2.24) is 0 Å². The highest BCUT2D eigenvalue weighted by molar-refractivity contribution is 7.26. The van der Waals surface area contributed by atoms with Gasteiger partial charge in [-0.15, -0.1) is 22.7 Å². The number of thiophene rings is 2. The van der Waals surface area contributed by atoms with Gasteiger partial charge in [-0.2, -0.15) is 0 Å². The molecule has 1 aliphatic carbocycles. The van der Waals surface area contributed by atoms with Crippen LogP contribution >= 0.6 is 22.7 Å². The number of fused-ring (bicyclic) bond motifs is 10. The van der Waals surface area contributed by atoms with E-state index in [1.807, 2.05) is 22.7 Å². The minimum Gasteiger partial charge on any atom is -0.310 e. The van der Waals surface area contributed by atoms with Gasteiger partial charge in [0.25, 0.3) is 0 Å². The molecule has 14 aromatic rings. The lowest BCUT2D eigenvalue weighted by Crippen LogP contribution is -2.28. The Balaban J connectivity index is 1.02. The molecule has 0 saturated carbocycles. The highest BCUT2D eigenvalue weighted by atomic mass is 32.1. The Bertz CT molecular complexity index is 4500. The predicted octanol–water partition coefficient (Wildman–Crippen LogP) is 20.9. The molecule has 0 amide bonds. The molecule has 4 heteroatoms. The van der Waals surface area contributed by atoms with Crippen LogP contribution in [0.25, 0.3) is 73.4 Å². The molecule has 1 unspecified atom stereocenters. The van der Waals surface area contributed by atoms with Crippen LogP contribution in [-0.2, 0) is 5.41 Å². The maximum absolute atomic E-state index is 2.52. The first-order chi connectivity index (χ1) is 37.5. The molecular formula is C72H48N2S2. The molecule has 0 saturated heterocycles. The summed E-state index contributed by atoms with van der Waals surface area (Å²) in [6.07, 6.45) is 0. The Hall–Kier alpha value is -9.06. The summed E-state index contributed by atoms with van der Waals surface area (Å²) in [6, 6.07) is 102. The van der Waals surface area contributed by atoms with Crippen LogP contribution in [0.15, 0.2) is 273 Å². The van der Waals surface area contributed by atoms with Crippen LogP contribution in [0.1, 0.15) is 27.8 Å². The van der Waals surface area contributed by atoms with Gasteiger partial charge in [-0.1, -0.05) is 175 Å². The SMILES string of the molecule is Cc1ccc(C2(c3ccccc3)c3cc(-c4cc(N(c5ccccc5)c5ccccc5)cc(N(c5ccc6c(c5)sc5ccccc56)c5ccc6sc7ccccc7c6c5)c4)ccc3-c3cc4ccccc4cc32)cc1. The molecule has 76 heavy (non-hydrogen) atoms. The van der Waals surface area contributed by atoms with Crippen LogP contribution in [0.5, 0.6) is 0 Å². The van der Waals surface area contributed by atoms with Crippen molar-refractivity contribution in [2.45, 2.75) is 12.3 Å². The summed E-state index contributed by atoms with van der Waals surface area (Å²) in [4.78, 5) is 4.90. The second-order valence-corrected chi connectivity index (χ2v) is 22.3. The van der Waals surface area contributed by atoms with E-state index in [1.165, 1.54) is 90.1 Å². The summed E-state index contributed by atoms with van der Waals surface area (Å²) >= 11 is 3.72. The Morgan fingerprint density at radius 2 is 0.803 bits per heavy atom. The predicted molar refractivity (Wildman–Crippen MR) is 327 cm³/mol. The van der Waals surface area contributed by atoms with Gasteiger partial charge in [-0.3, -0.25) is 0 Å². The van der Waals surface area contributed by atoms with Gasteiger partial charge in [-0.25, -0.2) is 0 Å². The average Bonchev–Trinajstić information content (AvgIpc) is 4.18. The van der Waals surface area contributed by atoms with Gasteiger partial charge >= 0.3 is 0 Å². The summed E-state index contributed by atoms with van der Waals surface area (Å²) in [6.45, 7) is 2.18. The van der Waals surface area contributed by atoms with E-state index in [-0.39, 0.29) is 0 Å². The Kier molecular flexibility index (Phi) is 10.4. The molecule has 0 spiro atoms. The fraction of sp³-hybridized carbons (Fsp3) is 0.0278. The zero-order valence-corrected chi connectivity index (χ0v) is 43.3. The number of rotatable bonds is 9. The van der Waals surface area contributed by atoms with Crippen molar-refractivity contribution < 1.29 is 0 Å². The van der Waals surface area contributed by atoms with Crippen molar-refractivity contribution >= 4 is 108 Å². The van der Waals surface area contributed by atoms with E-state index in [1.54, 1.807) is 0 Å². The van der Waals surface area contributed by atoms with Gasteiger partial charge < -0.3 is 9.80 Å². The second-order valence-electron chi connectivity index (χ2n) is 20.1. The maximum atomic E-state index is 2.52. The molecule has 0 fully saturated rings. The third-order valence-electron chi connectivity index (χ3n) is 15.7. The molecule has 1 aliphatic rings. The third kappa shape index (κ3) is 7.13. The monoisotopic (exact) mass is 1000 g/mol. The smallest absolute Gasteiger partial charge is 0.0714 e. The molecule has 358 valence electrons. The Labute approximate surface area is 450 Å². The van der Waals surface area contributed by atoms with E-state index in [4.69, 9.17) is 0 Å². The van der Waals surface area contributed by atoms with Gasteiger partial charge in [0.15, 0.2) is 0 Å².